The summed E-state index contributed by atoms with van der Waals surface area (Å²) in [6.45, 7) is 1.48. The van der Waals surface area contributed by atoms with E-state index in [1.807, 2.05) is 0 Å². The first kappa shape index (κ1) is 18.2. The van der Waals surface area contributed by atoms with Crippen molar-refractivity contribution < 1.29 is 19.1 Å². The molecule has 7 nitrogen and oxygen atoms in total. The Morgan fingerprint density at radius 3 is 2.73 bits per heavy atom. The van der Waals surface area contributed by atoms with Gasteiger partial charge in [-0.1, -0.05) is 25.3 Å². The van der Waals surface area contributed by atoms with Crippen molar-refractivity contribution in [3.63, 3.8) is 0 Å². The van der Waals surface area contributed by atoms with E-state index in [1.165, 1.54) is 6.42 Å². The molecule has 2 fully saturated rings. The van der Waals surface area contributed by atoms with Crippen LogP contribution in [0.4, 0.5) is 10.5 Å². The van der Waals surface area contributed by atoms with Crippen LogP contribution in [0.2, 0.25) is 0 Å². The summed E-state index contributed by atoms with van der Waals surface area (Å²) in [5.74, 6) is 0.00616. The predicted octanol–water partition coefficient (Wildman–Crippen LogP) is 2.52. The number of benzene rings is 1. The number of imide groups is 1. The first-order valence-corrected chi connectivity index (χ1v) is 9.02. The predicted molar refractivity (Wildman–Crippen MR) is 96.8 cm³/mol. The second kappa shape index (κ2) is 7.35. The lowest BCUT2D eigenvalue weighted by atomic mass is 9.75. The van der Waals surface area contributed by atoms with E-state index in [0.717, 1.165) is 30.6 Å². The number of rotatable bonds is 5. The molecule has 1 aliphatic heterocycles. The third-order valence-electron chi connectivity index (χ3n) is 5.38. The Labute approximate surface area is 153 Å². The van der Waals surface area contributed by atoms with E-state index in [-0.39, 0.29) is 18.4 Å². The number of nitrogens with one attached hydrogen (secondary N) is 2. The minimum absolute atomic E-state index is 0.124. The van der Waals surface area contributed by atoms with Gasteiger partial charge in [-0.3, -0.25) is 14.5 Å². The molecule has 1 aromatic carbocycles. The molecular weight excluding hydrogens is 334 g/mol. The average Bonchev–Trinajstić information content (AvgIpc) is 2.87. The van der Waals surface area contributed by atoms with Crippen LogP contribution in [-0.2, 0) is 9.59 Å². The van der Waals surface area contributed by atoms with Crippen molar-refractivity contribution in [2.45, 2.75) is 44.6 Å². The molecule has 0 bridgehead atoms. The Hall–Kier alpha value is -2.57. The molecule has 7 heteroatoms. The van der Waals surface area contributed by atoms with Crippen LogP contribution in [0.25, 0.3) is 0 Å². The van der Waals surface area contributed by atoms with E-state index in [1.54, 1.807) is 38.3 Å². The number of carbonyl (C=O) groups excluding carboxylic acids is 3. The molecule has 26 heavy (non-hydrogen) atoms. The maximum Gasteiger partial charge on any atom is 0.325 e. The zero-order valence-corrected chi connectivity index (χ0v) is 15.2. The number of hydrogen-bond donors (Lipinski definition) is 2. The first-order valence-electron chi connectivity index (χ1n) is 9.02. The second-order valence-electron chi connectivity index (χ2n) is 7.14. The van der Waals surface area contributed by atoms with E-state index in [4.69, 9.17) is 4.74 Å². The SMILES string of the molecule is COc1cccc(NC(=O)CN2C(=O)NC(C)(C3CCCCC3)C2=O)c1. The van der Waals surface area contributed by atoms with Gasteiger partial charge in [0, 0.05) is 11.8 Å². The van der Waals surface area contributed by atoms with Gasteiger partial charge in [0.15, 0.2) is 0 Å². The Morgan fingerprint density at radius 1 is 1.31 bits per heavy atom. The number of methoxy groups -OCH3 is 1. The fourth-order valence-electron chi connectivity index (χ4n) is 3.86. The number of carbonyl (C=O) groups is 3. The minimum atomic E-state index is -0.909. The quantitative estimate of drug-likeness (QED) is 0.791. The summed E-state index contributed by atoms with van der Waals surface area (Å²) in [4.78, 5) is 38.5. The Morgan fingerprint density at radius 2 is 2.04 bits per heavy atom. The fraction of sp³-hybridized carbons (Fsp3) is 0.526. The molecule has 1 saturated carbocycles. The summed E-state index contributed by atoms with van der Waals surface area (Å²) in [6.07, 6.45) is 5.15. The van der Waals surface area contributed by atoms with Crippen LogP contribution in [0.15, 0.2) is 24.3 Å². The molecule has 4 amide bonds. The number of ether oxygens (including phenoxy) is 1. The lowest BCUT2D eigenvalue weighted by Gasteiger charge is -2.34. The summed E-state index contributed by atoms with van der Waals surface area (Å²) in [7, 11) is 1.54. The molecule has 1 unspecified atom stereocenters. The van der Waals surface area contributed by atoms with Gasteiger partial charge in [-0.2, -0.15) is 0 Å². The van der Waals surface area contributed by atoms with E-state index in [9.17, 15) is 14.4 Å². The topological polar surface area (TPSA) is 87.7 Å². The van der Waals surface area contributed by atoms with Gasteiger partial charge < -0.3 is 15.4 Å². The summed E-state index contributed by atoms with van der Waals surface area (Å²) in [5, 5.41) is 5.52. The summed E-state index contributed by atoms with van der Waals surface area (Å²) >= 11 is 0. The van der Waals surface area contributed by atoms with Crippen LogP contribution in [0, 0.1) is 5.92 Å². The highest BCUT2D eigenvalue weighted by Gasteiger charge is 2.52. The van der Waals surface area contributed by atoms with E-state index in [2.05, 4.69) is 10.6 Å². The average molecular weight is 359 g/mol. The van der Waals surface area contributed by atoms with Crippen LogP contribution in [-0.4, -0.2) is 41.9 Å². The number of nitrogens with zero attached hydrogens (tertiary/aromatic N) is 1. The van der Waals surface area contributed by atoms with Crippen molar-refractivity contribution in [3.8, 4) is 5.75 Å². The van der Waals surface area contributed by atoms with Crippen molar-refractivity contribution >= 4 is 23.5 Å². The van der Waals surface area contributed by atoms with Crippen LogP contribution >= 0.6 is 0 Å². The lowest BCUT2D eigenvalue weighted by molar-refractivity contribution is -0.135. The van der Waals surface area contributed by atoms with Gasteiger partial charge in [-0.15, -0.1) is 0 Å². The summed E-state index contributed by atoms with van der Waals surface area (Å²) in [6, 6.07) is 6.42. The van der Waals surface area contributed by atoms with Gasteiger partial charge in [0.2, 0.25) is 5.91 Å². The molecule has 1 atom stereocenters. The third kappa shape index (κ3) is 3.52. The van der Waals surface area contributed by atoms with Crippen LogP contribution < -0.4 is 15.4 Å². The molecule has 2 aliphatic rings. The number of amides is 4. The lowest BCUT2D eigenvalue weighted by Crippen LogP contribution is -2.51. The number of urea groups is 1. The monoisotopic (exact) mass is 359 g/mol. The molecule has 140 valence electrons. The largest absolute Gasteiger partial charge is 0.497 e. The molecule has 3 rings (SSSR count). The summed E-state index contributed by atoms with van der Waals surface area (Å²) in [5.41, 5.74) is -0.357. The normalized spacial score (nSPS) is 23.7. The third-order valence-corrected chi connectivity index (χ3v) is 5.38. The molecule has 0 spiro atoms. The standard InChI is InChI=1S/C19H25N3O4/c1-19(13-7-4-3-5-8-13)17(24)22(18(25)21-19)12-16(23)20-14-9-6-10-15(11-14)26-2/h6,9-11,13H,3-5,7-8,12H2,1-2H3,(H,20,23)(H,21,25). The maximum atomic E-state index is 12.9. The molecule has 1 aromatic rings. The highest BCUT2D eigenvalue weighted by atomic mass is 16.5. The maximum absolute atomic E-state index is 12.9. The molecule has 1 saturated heterocycles. The Bertz CT molecular complexity index is 714. The molecule has 0 aromatic heterocycles. The Balaban J connectivity index is 1.66. The summed E-state index contributed by atoms with van der Waals surface area (Å²) < 4.78 is 5.12. The highest BCUT2D eigenvalue weighted by molar-refractivity contribution is 6.10. The van der Waals surface area contributed by atoms with E-state index < -0.39 is 17.5 Å². The zero-order valence-electron chi connectivity index (χ0n) is 15.2. The second-order valence-corrected chi connectivity index (χ2v) is 7.14. The van der Waals surface area contributed by atoms with Gasteiger partial charge in [0.05, 0.1) is 7.11 Å². The van der Waals surface area contributed by atoms with Crippen LogP contribution in [0.3, 0.4) is 0 Å². The first-order chi connectivity index (χ1) is 12.4. The van der Waals surface area contributed by atoms with Gasteiger partial charge in [0.1, 0.15) is 17.8 Å². The van der Waals surface area contributed by atoms with Gasteiger partial charge in [0.25, 0.3) is 5.91 Å². The van der Waals surface area contributed by atoms with Crippen LogP contribution in [0.5, 0.6) is 5.75 Å². The smallest absolute Gasteiger partial charge is 0.325 e. The number of hydrogen-bond acceptors (Lipinski definition) is 4. The van der Waals surface area contributed by atoms with Crippen molar-refractivity contribution in [2.24, 2.45) is 5.92 Å². The van der Waals surface area contributed by atoms with E-state index >= 15 is 0 Å². The Kier molecular flexibility index (Phi) is 5.15. The van der Waals surface area contributed by atoms with Crippen molar-refractivity contribution in [3.05, 3.63) is 24.3 Å². The highest BCUT2D eigenvalue weighted by Crippen LogP contribution is 2.36. The van der Waals surface area contributed by atoms with Gasteiger partial charge in [-0.25, -0.2) is 4.79 Å². The molecule has 0 radical (unpaired) electrons. The molecule has 2 N–H and O–H groups in total. The van der Waals surface area contributed by atoms with Crippen LogP contribution in [0.1, 0.15) is 39.0 Å². The van der Waals surface area contributed by atoms with Gasteiger partial charge >= 0.3 is 6.03 Å². The minimum Gasteiger partial charge on any atom is -0.497 e. The molecular formula is C19H25N3O4. The molecule has 1 aliphatic carbocycles. The van der Waals surface area contributed by atoms with Crippen molar-refractivity contribution in [1.82, 2.24) is 10.2 Å². The van der Waals surface area contributed by atoms with Crippen molar-refractivity contribution in [2.75, 3.05) is 19.0 Å². The van der Waals surface area contributed by atoms with Gasteiger partial charge in [-0.05, 0) is 37.8 Å². The van der Waals surface area contributed by atoms with E-state index in [0.29, 0.717) is 11.4 Å². The van der Waals surface area contributed by atoms with Crippen molar-refractivity contribution in [1.29, 1.82) is 0 Å². The number of anilines is 1. The fourth-order valence-corrected chi connectivity index (χ4v) is 3.86. The zero-order chi connectivity index (χ0) is 18.7. The molecule has 1 heterocycles.